The number of aryl methyl sites for hydroxylation is 1. The summed E-state index contributed by atoms with van der Waals surface area (Å²) in [7, 11) is 0. The number of fused-ring (bicyclic) bond motifs is 2. The predicted octanol–water partition coefficient (Wildman–Crippen LogP) is 3.28. The molecular weight excluding hydrogens is 420 g/mol. The van der Waals surface area contributed by atoms with Crippen LogP contribution in [0.2, 0.25) is 0 Å². The van der Waals surface area contributed by atoms with Gasteiger partial charge in [-0.1, -0.05) is 12.8 Å². The maximum atomic E-state index is 12.9. The molecule has 0 spiro atoms. The lowest BCUT2D eigenvalue weighted by Gasteiger charge is -2.16. The minimum absolute atomic E-state index is 0.0569. The Morgan fingerprint density at radius 1 is 1.06 bits per heavy atom. The predicted molar refractivity (Wildman–Crippen MR) is 127 cm³/mol. The van der Waals surface area contributed by atoms with Gasteiger partial charge in [-0.25, -0.2) is 4.98 Å². The van der Waals surface area contributed by atoms with Crippen LogP contribution in [0.1, 0.15) is 48.8 Å². The number of carbonyl (C=O) groups is 2. The summed E-state index contributed by atoms with van der Waals surface area (Å²) in [6.45, 7) is 2.98. The van der Waals surface area contributed by atoms with E-state index >= 15 is 0 Å². The zero-order valence-electron chi connectivity index (χ0n) is 18.7. The van der Waals surface area contributed by atoms with Gasteiger partial charge >= 0.3 is 0 Å². The van der Waals surface area contributed by atoms with Crippen molar-refractivity contribution in [3.8, 4) is 5.75 Å². The maximum absolute atomic E-state index is 12.9. The van der Waals surface area contributed by atoms with Crippen LogP contribution < -0.4 is 20.9 Å². The van der Waals surface area contributed by atoms with Crippen LogP contribution in [-0.2, 0) is 17.8 Å². The highest BCUT2D eigenvalue weighted by atomic mass is 16.5. The van der Waals surface area contributed by atoms with Gasteiger partial charge in [0.05, 0.1) is 24.1 Å². The molecule has 1 aliphatic rings. The minimum Gasteiger partial charge on any atom is -0.494 e. The number of aromatic nitrogens is 2. The average Bonchev–Trinajstić information content (AvgIpc) is 2.80. The maximum Gasteiger partial charge on any atom is 0.261 e. The lowest BCUT2D eigenvalue weighted by atomic mass is 10.1. The normalized spacial score (nSPS) is 13.5. The number of ether oxygens (including phenoxy) is 1. The number of benzene rings is 2. The summed E-state index contributed by atoms with van der Waals surface area (Å²) in [6.07, 6.45) is 4.98. The topological polar surface area (TPSA) is 102 Å². The van der Waals surface area contributed by atoms with Gasteiger partial charge in [0.25, 0.3) is 11.5 Å². The van der Waals surface area contributed by atoms with Gasteiger partial charge in [0.15, 0.2) is 0 Å². The summed E-state index contributed by atoms with van der Waals surface area (Å²) in [4.78, 5) is 42.5. The van der Waals surface area contributed by atoms with Crippen LogP contribution in [0.15, 0.2) is 47.3 Å². The summed E-state index contributed by atoms with van der Waals surface area (Å²) in [6, 6.07) is 11.9. The van der Waals surface area contributed by atoms with Crippen molar-refractivity contribution in [1.82, 2.24) is 14.9 Å². The second-order valence-electron chi connectivity index (χ2n) is 8.07. The Hall–Kier alpha value is -3.68. The first-order valence-electron chi connectivity index (χ1n) is 11.4. The molecule has 1 aromatic heterocycles. The molecule has 2 N–H and O–H groups in total. The molecule has 33 heavy (non-hydrogen) atoms. The number of anilines is 1. The molecular formula is C25H28N4O4. The molecule has 2 amide bonds. The third kappa shape index (κ3) is 5.39. The van der Waals surface area contributed by atoms with E-state index in [1.807, 2.05) is 6.92 Å². The Morgan fingerprint density at radius 2 is 1.85 bits per heavy atom. The third-order valence-electron chi connectivity index (χ3n) is 5.69. The van der Waals surface area contributed by atoms with Gasteiger partial charge in [-0.05, 0) is 62.2 Å². The molecule has 0 unspecified atom stereocenters. The number of nitrogens with one attached hydrogen (secondary N) is 2. The lowest BCUT2D eigenvalue weighted by Crippen LogP contribution is -2.33. The fraction of sp³-hybridized carbons (Fsp3) is 0.360. The van der Waals surface area contributed by atoms with Gasteiger partial charge in [-0.3, -0.25) is 19.0 Å². The monoisotopic (exact) mass is 448 g/mol. The molecule has 172 valence electrons. The fourth-order valence-electron chi connectivity index (χ4n) is 4.01. The van der Waals surface area contributed by atoms with Crippen molar-refractivity contribution in [2.24, 2.45) is 0 Å². The summed E-state index contributed by atoms with van der Waals surface area (Å²) < 4.78 is 7.15. The molecule has 0 fully saturated rings. The van der Waals surface area contributed by atoms with Crippen LogP contribution in [0.5, 0.6) is 5.75 Å². The Labute approximate surface area is 192 Å². The second kappa shape index (κ2) is 10.3. The van der Waals surface area contributed by atoms with Crippen LogP contribution in [0.4, 0.5) is 5.69 Å². The molecule has 3 aromatic rings. The van der Waals surface area contributed by atoms with E-state index in [4.69, 9.17) is 4.74 Å². The Kier molecular flexibility index (Phi) is 7.02. The molecule has 8 heteroatoms. The van der Waals surface area contributed by atoms with Crippen LogP contribution in [0.3, 0.4) is 0 Å². The van der Waals surface area contributed by atoms with Crippen molar-refractivity contribution in [2.75, 3.05) is 18.5 Å². The van der Waals surface area contributed by atoms with Crippen LogP contribution in [-0.4, -0.2) is 34.5 Å². The molecule has 0 atom stereocenters. The molecule has 4 rings (SSSR count). The van der Waals surface area contributed by atoms with Crippen molar-refractivity contribution in [3.63, 3.8) is 0 Å². The molecule has 2 aromatic carbocycles. The highest BCUT2D eigenvalue weighted by molar-refractivity contribution is 6.01. The Balaban J connectivity index is 1.42. The van der Waals surface area contributed by atoms with Gasteiger partial charge in [0, 0.05) is 24.2 Å². The van der Waals surface area contributed by atoms with E-state index in [0.29, 0.717) is 35.3 Å². The summed E-state index contributed by atoms with van der Waals surface area (Å²) >= 11 is 0. The minimum atomic E-state index is -0.396. The SMILES string of the molecule is CCOc1ccc(NC(=O)CNC(=O)c2ccc3c(=O)n4c(nc3c2)CCCCCC4)cc1. The zero-order valence-corrected chi connectivity index (χ0v) is 18.7. The van der Waals surface area contributed by atoms with Gasteiger partial charge in [0.2, 0.25) is 5.91 Å². The van der Waals surface area contributed by atoms with Gasteiger partial charge in [-0.15, -0.1) is 0 Å². The Morgan fingerprint density at radius 3 is 2.64 bits per heavy atom. The van der Waals surface area contributed by atoms with Crippen LogP contribution >= 0.6 is 0 Å². The number of nitrogens with zero attached hydrogens (tertiary/aromatic N) is 2. The molecule has 0 saturated carbocycles. The summed E-state index contributed by atoms with van der Waals surface area (Å²) in [5.74, 6) is 0.763. The Bertz CT molecular complexity index is 1220. The quantitative estimate of drug-likeness (QED) is 0.603. The summed E-state index contributed by atoms with van der Waals surface area (Å²) in [5.41, 5.74) is 1.43. The number of carbonyl (C=O) groups excluding carboxylic acids is 2. The van der Waals surface area contributed by atoms with Gasteiger partial charge in [0.1, 0.15) is 11.6 Å². The number of rotatable bonds is 6. The first-order chi connectivity index (χ1) is 16.0. The first kappa shape index (κ1) is 22.5. The zero-order chi connectivity index (χ0) is 23.2. The highest BCUT2D eigenvalue weighted by Gasteiger charge is 2.15. The van der Waals surface area contributed by atoms with E-state index in [1.165, 1.54) is 0 Å². The number of amides is 2. The third-order valence-corrected chi connectivity index (χ3v) is 5.69. The molecule has 2 heterocycles. The molecule has 8 nitrogen and oxygen atoms in total. The fourth-order valence-corrected chi connectivity index (χ4v) is 4.01. The van der Waals surface area contributed by atoms with E-state index in [2.05, 4.69) is 15.6 Å². The second-order valence-corrected chi connectivity index (χ2v) is 8.07. The van der Waals surface area contributed by atoms with Gasteiger partial charge in [-0.2, -0.15) is 0 Å². The van der Waals surface area contributed by atoms with E-state index in [0.717, 1.165) is 43.7 Å². The van der Waals surface area contributed by atoms with Crippen molar-refractivity contribution in [3.05, 3.63) is 64.2 Å². The smallest absolute Gasteiger partial charge is 0.261 e. The van der Waals surface area contributed by atoms with E-state index < -0.39 is 5.91 Å². The molecule has 1 aliphatic heterocycles. The molecule has 0 saturated heterocycles. The van der Waals surface area contributed by atoms with Crippen molar-refractivity contribution in [1.29, 1.82) is 0 Å². The van der Waals surface area contributed by atoms with Crippen molar-refractivity contribution < 1.29 is 14.3 Å². The first-order valence-corrected chi connectivity index (χ1v) is 11.4. The van der Waals surface area contributed by atoms with Gasteiger partial charge < -0.3 is 15.4 Å². The van der Waals surface area contributed by atoms with Crippen molar-refractivity contribution in [2.45, 2.75) is 45.6 Å². The highest BCUT2D eigenvalue weighted by Crippen LogP contribution is 2.17. The van der Waals surface area contributed by atoms with E-state index in [9.17, 15) is 14.4 Å². The molecule has 0 radical (unpaired) electrons. The van der Waals surface area contributed by atoms with Crippen molar-refractivity contribution >= 4 is 28.4 Å². The van der Waals surface area contributed by atoms with Crippen LogP contribution in [0.25, 0.3) is 10.9 Å². The van der Waals surface area contributed by atoms with E-state index in [1.54, 1.807) is 47.0 Å². The number of hydrogen-bond donors (Lipinski definition) is 2. The average molecular weight is 449 g/mol. The van der Waals surface area contributed by atoms with Crippen LogP contribution in [0, 0.1) is 0 Å². The van der Waals surface area contributed by atoms with E-state index in [-0.39, 0.29) is 18.0 Å². The molecule has 0 aliphatic carbocycles. The summed E-state index contributed by atoms with van der Waals surface area (Å²) in [5, 5.41) is 5.86. The lowest BCUT2D eigenvalue weighted by molar-refractivity contribution is -0.115. The molecule has 0 bridgehead atoms. The number of hydrogen-bond acceptors (Lipinski definition) is 5. The largest absolute Gasteiger partial charge is 0.494 e. The standard InChI is InChI=1S/C25H28N4O4/c1-2-33-19-11-9-18(10-12-19)27-23(30)16-26-24(31)17-8-13-20-21(15-17)28-22-7-5-3-4-6-14-29(22)25(20)32/h8-13,15H,2-7,14,16H2,1H3,(H,26,31)(H,27,30).